The third kappa shape index (κ3) is 2.49. The normalized spacial score (nSPS) is 13.6. The number of alkyl halides is 3. The van der Waals surface area contributed by atoms with Crippen LogP contribution in [0.15, 0.2) is 30.7 Å². The number of hydrogen-bond donors (Lipinski definition) is 2. The molecule has 2 aromatic rings. The minimum Gasteiger partial charge on any atom is -0.382 e. The van der Waals surface area contributed by atoms with Gasteiger partial charge in [0.1, 0.15) is 6.10 Å². The third-order valence-electron chi connectivity index (χ3n) is 2.43. The number of halogens is 4. The van der Waals surface area contributed by atoms with Gasteiger partial charge in [0.05, 0.1) is 28.8 Å². The predicted octanol–water partition coefficient (Wildman–Crippen LogP) is 3.16. The van der Waals surface area contributed by atoms with E-state index in [0.29, 0.717) is 5.69 Å². The van der Waals surface area contributed by atoms with Crippen molar-refractivity contribution < 1.29 is 18.3 Å². The molecule has 2 rings (SSSR count). The molecule has 7 heteroatoms. The molecule has 96 valence electrons. The Labute approximate surface area is 105 Å². The summed E-state index contributed by atoms with van der Waals surface area (Å²) in [6.07, 6.45) is -3.09. The zero-order valence-corrected chi connectivity index (χ0v) is 9.63. The molecule has 1 unspecified atom stereocenters. The number of nitrogens with one attached hydrogen (secondary N) is 1. The van der Waals surface area contributed by atoms with Gasteiger partial charge in [-0.3, -0.25) is 0 Å². The fourth-order valence-corrected chi connectivity index (χ4v) is 1.75. The van der Waals surface area contributed by atoms with Gasteiger partial charge in [0, 0.05) is 0 Å². The van der Waals surface area contributed by atoms with E-state index in [0.717, 1.165) is 12.1 Å². The number of H-pyrrole nitrogens is 1. The number of aliphatic hydroxyl groups excluding tert-OH is 1. The maximum Gasteiger partial charge on any atom is 0.417 e. The number of imidazole rings is 1. The third-order valence-corrected chi connectivity index (χ3v) is 2.76. The standard InChI is InChI=1S/C11H8ClF3N2O/c12-8-2-1-6(3-7(8)11(13,14)15)10(18)9-4-16-5-17-9/h1-5,10,18H,(H,16,17). The lowest BCUT2D eigenvalue weighted by atomic mass is 10.0. The number of aromatic nitrogens is 2. The summed E-state index contributed by atoms with van der Waals surface area (Å²) in [6, 6.07) is 3.27. The summed E-state index contributed by atoms with van der Waals surface area (Å²) in [5.41, 5.74) is -0.568. The van der Waals surface area contributed by atoms with Gasteiger partial charge in [-0.25, -0.2) is 4.98 Å². The summed E-state index contributed by atoms with van der Waals surface area (Å²) in [5, 5.41) is 9.48. The average Bonchev–Trinajstić information content (AvgIpc) is 2.80. The first-order valence-electron chi connectivity index (χ1n) is 4.92. The monoisotopic (exact) mass is 276 g/mol. The van der Waals surface area contributed by atoms with Crippen molar-refractivity contribution in [3.63, 3.8) is 0 Å². The summed E-state index contributed by atoms with van der Waals surface area (Å²) in [4.78, 5) is 6.33. The molecule has 0 aliphatic carbocycles. The van der Waals surface area contributed by atoms with E-state index in [2.05, 4.69) is 9.97 Å². The molecule has 18 heavy (non-hydrogen) atoms. The van der Waals surface area contributed by atoms with Crippen LogP contribution in [0.5, 0.6) is 0 Å². The summed E-state index contributed by atoms with van der Waals surface area (Å²) in [6.45, 7) is 0. The first-order chi connectivity index (χ1) is 8.39. The number of benzene rings is 1. The number of nitrogens with zero attached hydrogens (tertiary/aromatic N) is 1. The van der Waals surface area contributed by atoms with Crippen molar-refractivity contribution in [3.05, 3.63) is 52.6 Å². The number of aliphatic hydroxyl groups is 1. The fourth-order valence-electron chi connectivity index (χ4n) is 1.53. The molecular weight excluding hydrogens is 269 g/mol. The Kier molecular flexibility index (Phi) is 3.32. The van der Waals surface area contributed by atoms with Crippen LogP contribution >= 0.6 is 11.6 Å². The second-order valence-electron chi connectivity index (χ2n) is 3.65. The van der Waals surface area contributed by atoms with Gasteiger partial charge in [-0.05, 0) is 17.7 Å². The van der Waals surface area contributed by atoms with Crippen LogP contribution in [0.4, 0.5) is 13.2 Å². The molecule has 0 aliphatic heterocycles. The highest BCUT2D eigenvalue weighted by atomic mass is 35.5. The fraction of sp³-hybridized carbons (Fsp3) is 0.182. The molecular formula is C11H8ClF3N2O. The van der Waals surface area contributed by atoms with Gasteiger partial charge in [0.15, 0.2) is 0 Å². The van der Waals surface area contributed by atoms with Crippen LogP contribution in [-0.2, 0) is 6.18 Å². The minimum absolute atomic E-state index is 0.0935. The minimum atomic E-state index is -4.55. The first kappa shape index (κ1) is 12.9. The van der Waals surface area contributed by atoms with Crippen molar-refractivity contribution in [1.82, 2.24) is 9.97 Å². The Morgan fingerprint density at radius 1 is 1.33 bits per heavy atom. The van der Waals surface area contributed by atoms with E-state index in [4.69, 9.17) is 11.6 Å². The van der Waals surface area contributed by atoms with Gasteiger partial charge >= 0.3 is 6.18 Å². The smallest absolute Gasteiger partial charge is 0.382 e. The van der Waals surface area contributed by atoms with Crippen molar-refractivity contribution in [1.29, 1.82) is 0 Å². The van der Waals surface area contributed by atoms with Gasteiger partial charge in [-0.2, -0.15) is 13.2 Å². The molecule has 0 amide bonds. The Morgan fingerprint density at radius 3 is 2.61 bits per heavy atom. The van der Waals surface area contributed by atoms with Crippen molar-refractivity contribution in [2.75, 3.05) is 0 Å². The highest BCUT2D eigenvalue weighted by Crippen LogP contribution is 2.36. The topological polar surface area (TPSA) is 48.9 Å². The Bertz CT molecular complexity index is 540. The van der Waals surface area contributed by atoms with Crippen molar-refractivity contribution in [2.24, 2.45) is 0 Å². The van der Waals surface area contributed by atoms with E-state index in [1.165, 1.54) is 18.6 Å². The SMILES string of the molecule is OC(c1ccc(Cl)c(C(F)(F)F)c1)c1cnc[nH]1. The Balaban J connectivity index is 2.42. The molecule has 2 N–H and O–H groups in total. The van der Waals surface area contributed by atoms with E-state index < -0.39 is 22.9 Å². The summed E-state index contributed by atoms with van der Waals surface area (Å²) in [7, 11) is 0. The average molecular weight is 277 g/mol. The second kappa shape index (κ2) is 4.62. The second-order valence-corrected chi connectivity index (χ2v) is 4.05. The molecule has 0 fully saturated rings. The van der Waals surface area contributed by atoms with Crippen LogP contribution in [0.2, 0.25) is 5.02 Å². The quantitative estimate of drug-likeness (QED) is 0.885. The molecule has 3 nitrogen and oxygen atoms in total. The Hall–Kier alpha value is -1.53. The van der Waals surface area contributed by atoms with Gasteiger partial charge in [-0.15, -0.1) is 0 Å². The molecule has 1 heterocycles. The maximum absolute atomic E-state index is 12.6. The molecule has 0 saturated heterocycles. The molecule has 0 spiro atoms. The lowest BCUT2D eigenvalue weighted by molar-refractivity contribution is -0.137. The molecule has 1 atom stereocenters. The van der Waals surface area contributed by atoms with Gasteiger partial charge in [0.2, 0.25) is 0 Å². The van der Waals surface area contributed by atoms with Crippen molar-refractivity contribution >= 4 is 11.6 Å². The molecule has 1 aromatic heterocycles. The highest BCUT2D eigenvalue weighted by molar-refractivity contribution is 6.31. The molecule has 0 saturated carbocycles. The molecule has 0 aliphatic rings. The highest BCUT2D eigenvalue weighted by Gasteiger charge is 2.33. The van der Waals surface area contributed by atoms with E-state index in [1.807, 2.05) is 0 Å². The zero-order chi connectivity index (χ0) is 13.3. The van der Waals surface area contributed by atoms with Crippen LogP contribution in [0.25, 0.3) is 0 Å². The summed E-state index contributed by atoms with van der Waals surface area (Å²) in [5.74, 6) is 0. The Morgan fingerprint density at radius 2 is 2.06 bits per heavy atom. The van der Waals surface area contributed by atoms with E-state index in [-0.39, 0.29) is 5.56 Å². The van der Waals surface area contributed by atoms with Crippen molar-refractivity contribution in [2.45, 2.75) is 12.3 Å². The molecule has 0 radical (unpaired) electrons. The van der Waals surface area contributed by atoms with Crippen LogP contribution in [0.1, 0.15) is 22.9 Å². The number of aromatic amines is 1. The first-order valence-corrected chi connectivity index (χ1v) is 5.30. The van der Waals surface area contributed by atoms with Crippen LogP contribution in [0.3, 0.4) is 0 Å². The lowest BCUT2D eigenvalue weighted by Crippen LogP contribution is -2.08. The van der Waals surface area contributed by atoms with Crippen molar-refractivity contribution in [3.8, 4) is 0 Å². The predicted molar refractivity (Wildman–Crippen MR) is 59.1 cm³/mol. The molecule has 1 aromatic carbocycles. The van der Waals surface area contributed by atoms with Crippen LogP contribution < -0.4 is 0 Å². The number of rotatable bonds is 2. The lowest BCUT2D eigenvalue weighted by Gasteiger charge is -2.13. The van der Waals surface area contributed by atoms with Gasteiger partial charge < -0.3 is 10.1 Å². The summed E-state index contributed by atoms with van der Waals surface area (Å²) < 4.78 is 37.9. The maximum atomic E-state index is 12.6. The van der Waals surface area contributed by atoms with E-state index in [1.54, 1.807) is 0 Å². The summed E-state index contributed by atoms with van der Waals surface area (Å²) >= 11 is 5.49. The van der Waals surface area contributed by atoms with E-state index >= 15 is 0 Å². The zero-order valence-electron chi connectivity index (χ0n) is 8.87. The largest absolute Gasteiger partial charge is 0.417 e. The van der Waals surface area contributed by atoms with Crippen LogP contribution in [-0.4, -0.2) is 15.1 Å². The van der Waals surface area contributed by atoms with Gasteiger partial charge in [0.25, 0.3) is 0 Å². The molecule has 0 bridgehead atoms. The van der Waals surface area contributed by atoms with E-state index in [9.17, 15) is 18.3 Å². The van der Waals surface area contributed by atoms with Gasteiger partial charge in [-0.1, -0.05) is 17.7 Å². The number of hydrogen-bond acceptors (Lipinski definition) is 2. The van der Waals surface area contributed by atoms with Crippen LogP contribution in [0, 0.1) is 0 Å².